The normalized spacial score (nSPS) is 10.4. The van der Waals surface area contributed by atoms with Gasteiger partial charge >= 0.3 is 0 Å². The van der Waals surface area contributed by atoms with E-state index < -0.39 is 0 Å². The zero-order chi connectivity index (χ0) is 14.7. The summed E-state index contributed by atoms with van der Waals surface area (Å²) in [6.07, 6.45) is 0.907. The van der Waals surface area contributed by atoms with Crippen molar-refractivity contribution in [3.8, 4) is 0 Å². The third-order valence-electron chi connectivity index (χ3n) is 3.61. The van der Waals surface area contributed by atoms with Gasteiger partial charge in [-0.05, 0) is 49.9 Å². The Balaban J connectivity index is 2.33. The summed E-state index contributed by atoms with van der Waals surface area (Å²) in [6.45, 7) is 8.13. The third kappa shape index (κ3) is 2.90. The topological polar surface area (TPSA) is 29.1 Å². The SMILES string of the molecule is CCc1cccc(C)c1NC(=O)c1ccc(C)cc1C. The molecular weight excluding hydrogens is 246 g/mol. The summed E-state index contributed by atoms with van der Waals surface area (Å²) in [5.74, 6) is -0.0356. The van der Waals surface area contributed by atoms with Crippen molar-refractivity contribution in [3.05, 3.63) is 64.2 Å². The molecule has 0 atom stereocenters. The van der Waals surface area contributed by atoms with Gasteiger partial charge in [0, 0.05) is 11.3 Å². The summed E-state index contributed by atoms with van der Waals surface area (Å²) in [5.41, 5.74) is 6.13. The van der Waals surface area contributed by atoms with Gasteiger partial charge < -0.3 is 5.32 Å². The van der Waals surface area contributed by atoms with Gasteiger partial charge in [0.15, 0.2) is 0 Å². The van der Waals surface area contributed by atoms with Crippen LogP contribution in [0.5, 0.6) is 0 Å². The Bertz CT molecular complexity index is 644. The lowest BCUT2D eigenvalue weighted by atomic mass is 10.0. The third-order valence-corrected chi connectivity index (χ3v) is 3.61. The van der Waals surface area contributed by atoms with Gasteiger partial charge in [-0.3, -0.25) is 4.79 Å². The second kappa shape index (κ2) is 5.91. The fourth-order valence-electron chi connectivity index (χ4n) is 2.45. The van der Waals surface area contributed by atoms with E-state index in [1.54, 1.807) is 0 Å². The number of hydrogen-bond donors (Lipinski definition) is 1. The van der Waals surface area contributed by atoms with Crippen molar-refractivity contribution in [1.82, 2.24) is 0 Å². The lowest BCUT2D eigenvalue weighted by molar-refractivity contribution is 0.102. The van der Waals surface area contributed by atoms with Crippen molar-refractivity contribution < 1.29 is 4.79 Å². The van der Waals surface area contributed by atoms with Crippen molar-refractivity contribution in [2.45, 2.75) is 34.1 Å². The molecule has 1 amide bonds. The molecule has 20 heavy (non-hydrogen) atoms. The molecule has 0 bridgehead atoms. The van der Waals surface area contributed by atoms with Crippen molar-refractivity contribution in [3.63, 3.8) is 0 Å². The number of rotatable bonds is 3. The highest BCUT2D eigenvalue weighted by Crippen LogP contribution is 2.22. The molecule has 2 nitrogen and oxygen atoms in total. The maximum atomic E-state index is 12.5. The molecule has 0 aromatic heterocycles. The summed E-state index contributed by atoms with van der Waals surface area (Å²) in [6, 6.07) is 12.0. The number of nitrogens with one attached hydrogen (secondary N) is 1. The van der Waals surface area contributed by atoms with Crippen LogP contribution < -0.4 is 5.32 Å². The Morgan fingerprint density at radius 3 is 2.45 bits per heavy atom. The number of carbonyl (C=O) groups excluding carboxylic acids is 1. The van der Waals surface area contributed by atoms with E-state index in [1.807, 2.05) is 51.1 Å². The molecule has 0 unspecified atom stereocenters. The monoisotopic (exact) mass is 267 g/mol. The lowest BCUT2D eigenvalue weighted by Crippen LogP contribution is -2.15. The van der Waals surface area contributed by atoms with Crippen LogP contribution in [-0.4, -0.2) is 5.91 Å². The molecule has 2 aromatic rings. The molecule has 0 saturated carbocycles. The number of aryl methyl sites for hydroxylation is 4. The number of amides is 1. The smallest absolute Gasteiger partial charge is 0.255 e. The molecule has 0 aliphatic heterocycles. The number of hydrogen-bond acceptors (Lipinski definition) is 1. The van der Waals surface area contributed by atoms with Gasteiger partial charge in [0.1, 0.15) is 0 Å². The van der Waals surface area contributed by atoms with Crippen LogP contribution >= 0.6 is 0 Å². The second-order valence-electron chi connectivity index (χ2n) is 5.24. The summed E-state index contributed by atoms with van der Waals surface area (Å²) < 4.78 is 0. The highest BCUT2D eigenvalue weighted by molar-refractivity contribution is 6.06. The molecular formula is C18H21NO. The van der Waals surface area contributed by atoms with Crippen molar-refractivity contribution in [2.75, 3.05) is 5.32 Å². The molecule has 1 N–H and O–H groups in total. The van der Waals surface area contributed by atoms with Gasteiger partial charge in [0.05, 0.1) is 0 Å². The van der Waals surface area contributed by atoms with Gasteiger partial charge in [-0.15, -0.1) is 0 Å². The summed E-state index contributed by atoms with van der Waals surface area (Å²) in [5, 5.41) is 3.07. The van der Waals surface area contributed by atoms with E-state index >= 15 is 0 Å². The number of anilines is 1. The zero-order valence-corrected chi connectivity index (χ0v) is 12.6. The standard InChI is InChI=1S/C18H21NO/c1-5-15-8-6-7-13(3)17(15)19-18(20)16-10-9-12(2)11-14(16)4/h6-11H,5H2,1-4H3,(H,19,20). The molecule has 0 spiro atoms. The molecule has 0 saturated heterocycles. The fraction of sp³-hybridized carbons (Fsp3) is 0.278. The number of benzene rings is 2. The van der Waals surface area contributed by atoms with E-state index in [1.165, 1.54) is 11.1 Å². The quantitative estimate of drug-likeness (QED) is 0.876. The number of para-hydroxylation sites is 1. The van der Waals surface area contributed by atoms with Gasteiger partial charge in [0.25, 0.3) is 5.91 Å². The molecule has 0 radical (unpaired) electrons. The Hall–Kier alpha value is -2.09. The first-order valence-corrected chi connectivity index (χ1v) is 7.00. The first-order valence-electron chi connectivity index (χ1n) is 7.00. The van der Waals surface area contributed by atoms with Crippen LogP contribution in [0.4, 0.5) is 5.69 Å². The highest BCUT2D eigenvalue weighted by atomic mass is 16.1. The van der Waals surface area contributed by atoms with Crippen molar-refractivity contribution >= 4 is 11.6 Å². The predicted molar refractivity (Wildman–Crippen MR) is 84.4 cm³/mol. The average Bonchev–Trinajstić information content (AvgIpc) is 2.40. The fourth-order valence-corrected chi connectivity index (χ4v) is 2.45. The van der Waals surface area contributed by atoms with Gasteiger partial charge in [0.2, 0.25) is 0 Å². The Morgan fingerprint density at radius 1 is 1.05 bits per heavy atom. The van der Waals surface area contributed by atoms with Gasteiger partial charge in [-0.25, -0.2) is 0 Å². The van der Waals surface area contributed by atoms with Crippen LogP contribution in [0.1, 0.15) is 39.5 Å². The van der Waals surface area contributed by atoms with Gasteiger partial charge in [-0.1, -0.05) is 42.8 Å². The van der Waals surface area contributed by atoms with E-state index in [-0.39, 0.29) is 5.91 Å². The second-order valence-corrected chi connectivity index (χ2v) is 5.24. The highest BCUT2D eigenvalue weighted by Gasteiger charge is 2.12. The lowest BCUT2D eigenvalue weighted by Gasteiger charge is -2.14. The van der Waals surface area contributed by atoms with Gasteiger partial charge in [-0.2, -0.15) is 0 Å². The molecule has 0 fully saturated rings. The first kappa shape index (κ1) is 14.3. The Morgan fingerprint density at radius 2 is 1.80 bits per heavy atom. The van der Waals surface area contributed by atoms with Crippen LogP contribution in [0.3, 0.4) is 0 Å². The summed E-state index contributed by atoms with van der Waals surface area (Å²) in [4.78, 5) is 12.5. The average molecular weight is 267 g/mol. The van der Waals surface area contributed by atoms with E-state index in [0.717, 1.165) is 28.8 Å². The first-order chi connectivity index (χ1) is 9.52. The summed E-state index contributed by atoms with van der Waals surface area (Å²) >= 11 is 0. The van der Waals surface area contributed by atoms with Crippen LogP contribution in [0.15, 0.2) is 36.4 Å². The minimum absolute atomic E-state index is 0.0356. The minimum atomic E-state index is -0.0356. The predicted octanol–water partition coefficient (Wildman–Crippen LogP) is 4.43. The van der Waals surface area contributed by atoms with Crippen LogP contribution in [0, 0.1) is 20.8 Å². The van der Waals surface area contributed by atoms with Crippen LogP contribution in [0.25, 0.3) is 0 Å². The Kier molecular flexibility index (Phi) is 4.23. The number of carbonyl (C=O) groups is 1. The largest absolute Gasteiger partial charge is 0.321 e. The van der Waals surface area contributed by atoms with Crippen molar-refractivity contribution in [1.29, 1.82) is 0 Å². The maximum Gasteiger partial charge on any atom is 0.255 e. The Labute approximate surface area is 120 Å². The molecule has 0 heterocycles. The van der Waals surface area contributed by atoms with Crippen molar-refractivity contribution in [2.24, 2.45) is 0 Å². The van der Waals surface area contributed by atoms with E-state index in [2.05, 4.69) is 18.3 Å². The molecule has 2 heteroatoms. The molecule has 0 aliphatic carbocycles. The van der Waals surface area contributed by atoms with E-state index in [9.17, 15) is 4.79 Å². The zero-order valence-electron chi connectivity index (χ0n) is 12.6. The molecule has 2 rings (SSSR count). The van der Waals surface area contributed by atoms with E-state index in [4.69, 9.17) is 0 Å². The van der Waals surface area contributed by atoms with Crippen LogP contribution in [-0.2, 0) is 6.42 Å². The molecule has 104 valence electrons. The summed E-state index contributed by atoms with van der Waals surface area (Å²) in [7, 11) is 0. The molecule has 0 aliphatic rings. The minimum Gasteiger partial charge on any atom is -0.321 e. The maximum absolute atomic E-state index is 12.5. The van der Waals surface area contributed by atoms with Crippen LogP contribution in [0.2, 0.25) is 0 Å². The molecule has 2 aromatic carbocycles. The van der Waals surface area contributed by atoms with E-state index in [0.29, 0.717) is 0 Å².